The van der Waals surface area contributed by atoms with E-state index in [4.69, 9.17) is 10.00 Å². The van der Waals surface area contributed by atoms with Crippen molar-refractivity contribution in [2.24, 2.45) is 4.99 Å². The summed E-state index contributed by atoms with van der Waals surface area (Å²) in [6.07, 6.45) is 5.31. The van der Waals surface area contributed by atoms with Gasteiger partial charge in [-0.15, -0.1) is 0 Å². The zero-order valence-electron chi connectivity index (χ0n) is 14.7. The van der Waals surface area contributed by atoms with Crippen LogP contribution in [-0.2, 0) is 6.54 Å². The normalized spacial score (nSPS) is 14.5. The smallest absolute Gasteiger partial charge is 0.207 e. The average molecular weight is 342 g/mol. The molecule has 0 fully saturated rings. The SMILES string of the molecule is CC1(C)C=C(N(/C=N/C#N)Cc2ccccc2)c2cc(C#N)ccc2O1. The highest BCUT2D eigenvalue weighted by Gasteiger charge is 2.29. The van der Waals surface area contributed by atoms with Crippen molar-refractivity contribution in [2.45, 2.75) is 26.0 Å². The second-order valence-electron chi connectivity index (χ2n) is 6.52. The average Bonchev–Trinajstić information content (AvgIpc) is 2.64. The number of hydrogen-bond donors (Lipinski definition) is 0. The van der Waals surface area contributed by atoms with Crippen molar-refractivity contribution >= 4 is 12.0 Å². The van der Waals surface area contributed by atoms with E-state index in [1.165, 1.54) is 6.34 Å². The zero-order chi connectivity index (χ0) is 18.6. The minimum absolute atomic E-state index is 0.522. The maximum absolute atomic E-state index is 9.25. The second-order valence-corrected chi connectivity index (χ2v) is 6.52. The van der Waals surface area contributed by atoms with E-state index in [1.807, 2.05) is 67.4 Å². The van der Waals surface area contributed by atoms with Gasteiger partial charge in [-0.05, 0) is 43.7 Å². The largest absolute Gasteiger partial charge is 0.483 e. The summed E-state index contributed by atoms with van der Waals surface area (Å²) in [5.74, 6) is 0.704. The number of benzene rings is 2. The lowest BCUT2D eigenvalue weighted by atomic mass is 9.97. The van der Waals surface area contributed by atoms with Gasteiger partial charge in [0.25, 0.3) is 0 Å². The van der Waals surface area contributed by atoms with E-state index in [1.54, 1.807) is 12.1 Å². The van der Waals surface area contributed by atoms with Gasteiger partial charge in [0.1, 0.15) is 17.7 Å². The van der Waals surface area contributed by atoms with Crippen LogP contribution in [0.15, 0.2) is 59.6 Å². The Balaban J connectivity index is 2.09. The van der Waals surface area contributed by atoms with Crippen molar-refractivity contribution in [3.05, 3.63) is 71.3 Å². The van der Waals surface area contributed by atoms with Crippen LogP contribution >= 0.6 is 0 Å². The van der Waals surface area contributed by atoms with Crippen LogP contribution in [0.4, 0.5) is 0 Å². The topological polar surface area (TPSA) is 72.4 Å². The summed E-state index contributed by atoms with van der Waals surface area (Å²) < 4.78 is 6.03. The first kappa shape index (κ1) is 17.3. The molecule has 1 heterocycles. The highest BCUT2D eigenvalue weighted by atomic mass is 16.5. The van der Waals surface area contributed by atoms with E-state index in [0.29, 0.717) is 17.9 Å². The van der Waals surface area contributed by atoms with Gasteiger partial charge < -0.3 is 9.64 Å². The molecule has 1 aliphatic rings. The van der Waals surface area contributed by atoms with Gasteiger partial charge in [-0.25, -0.2) is 0 Å². The highest BCUT2D eigenvalue weighted by Crippen LogP contribution is 2.38. The number of fused-ring (bicyclic) bond motifs is 1. The predicted molar refractivity (Wildman–Crippen MR) is 99.9 cm³/mol. The molecule has 2 aromatic rings. The number of hydrogen-bond acceptors (Lipinski definition) is 4. The lowest BCUT2D eigenvalue weighted by Gasteiger charge is -2.35. The molecule has 128 valence electrons. The van der Waals surface area contributed by atoms with Crippen LogP contribution in [0.1, 0.15) is 30.5 Å². The first-order valence-electron chi connectivity index (χ1n) is 8.21. The quantitative estimate of drug-likeness (QED) is 0.477. The van der Waals surface area contributed by atoms with Gasteiger partial charge in [-0.1, -0.05) is 30.3 Å². The molecule has 0 amide bonds. The Bertz CT molecular complexity index is 946. The molecule has 0 radical (unpaired) electrons. The van der Waals surface area contributed by atoms with Crippen LogP contribution in [0.25, 0.3) is 5.70 Å². The van der Waals surface area contributed by atoms with Gasteiger partial charge in [-0.3, -0.25) is 0 Å². The third-order valence-corrected chi connectivity index (χ3v) is 4.00. The van der Waals surface area contributed by atoms with Crippen LogP contribution in [-0.4, -0.2) is 16.8 Å². The molecule has 0 unspecified atom stereocenters. The number of nitrogens with zero attached hydrogens (tertiary/aromatic N) is 4. The monoisotopic (exact) mass is 342 g/mol. The van der Waals surface area contributed by atoms with Gasteiger partial charge in [0.05, 0.1) is 17.3 Å². The van der Waals surface area contributed by atoms with Crippen molar-refractivity contribution in [2.75, 3.05) is 0 Å². The number of rotatable bonds is 4. The van der Waals surface area contributed by atoms with Crippen molar-refractivity contribution < 1.29 is 4.74 Å². The van der Waals surface area contributed by atoms with Crippen LogP contribution < -0.4 is 4.74 Å². The maximum atomic E-state index is 9.25. The van der Waals surface area contributed by atoms with Gasteiger partial charge in [0.2, 0.25) is 6.19 Å². The van der Waals surface area contributed by atoms with E-state index in [2.05, 4.69) is 11.1 Å². The molecule has 0 N–H and O–H groups in total. The molecular formula is C21H18N4O. The Morgan fingerprint density at radius 1 is 1.15 bits per heavy atom. The molecular weight excluding hydrogens is 324 g/mol. The third kappa shape index (κ3) is 3.74. The molecule has 2 aromatic carbocycles. The summed E-state index contributed by atoms with van der Waals surface area (Å²) in [6.45, 7) is 4.48. The molecule has 5 heteroatoms. The molecule has 1 aliphatic heterocycles. The van der Waals surface area contributed by atoms with Gasteiger partial charge >= 0.3 is 0 Å². The van der Waals surface area contributed by atoms with E-state index in [0.717, 1.165) is 16.8 Å². The molecule has 0 atom stereocenters. The van der Waals surface area contributed by atoms with Gasteiger partial charge in [-0.2, -0.15) is 15.5 Å². The molecule has 0 saturated carbocycles. The Morgan fingerprint density at radius 2 is 1.92 bits per heavy atom. The molecule has 0 aromatic heterocycles. The Labute approximate surface area is 153 Å². The third-order valence-electron chi connectivity index (χ3n) is 4.00. The fraction of sp³-hybridized carbons (Fsp3) is 0.190. The van der Waals surface area contributed by atoms with Crippen LogP contribution in [0.2, 0.25) is 0 Å². The summed E-state index contributed by atoms with van der Waals surface area (Å²) >= 11 is 0. The van der Waals surface area contributed by atoms with Crippen LogP contribution in [0.5, 0.6) is 5.75 Å². The summed E-state index contributed by atoms with van der Waals surface area (Å²) in [5.41, 5.74) is 2.78. The number of ether oxygens (including phenoxy) is 1. The van der Waals surface area contributed by atoms with Crippen molar-refractivity contribution in [3.63, 3.8) is 0 Å². The van der Waals surface area contributed by atoms with Gasteiger partial charge in [0, 0.05) is 12.1 Å². The van der Waals surface area contributed by atoms with E-state index >= 15 is 0 Å². The standard InChI is InChI=1S/C21H18N4O/c1-21(2)11-19(18-10-17(12-22)8-9-20(18)26-21)25(15-24-14-23)13-16-6-4-3-5-7-16/h3-11,15H,13H2,1-2H3/b24-15+. The molecule has 0 bridgehead atoms. The first-order chi connectivity index (χ1) is 12.5. The lowest BCUT2D eigenvalue weighted by molar-refractivity contribution is 0.156. The van der Waals surface area contributed by atoms with Crippen molar-refractivity contribution in [3.8, 4) is 18.0 Å². The minimum atomic E-state index is -0.522. The fourth-order valence-corrected chi connectivity index (χ4v) is 2.91. The minimum Gasteiger partial charge on any atom is -0.483 e. The highest BCUT2D eigenvalue weighted by molar-refractivity contribution is 5.81. The summed E-state index contributed by atoms with van der Waals surface area (Å²) in [6, 6.07) is 17.5. The molecule has 26 heavy (non-hydrogen) atoms. The second kappa shape index (κ2) is 7.13. The van der Waals surface area contributed by atoms with Gasteiger partial charge in [0.15, 0.2) is 0 Å². The maximum Gasteiger partial charge on any atom is 0.207 e. The Hall–Kier alpha value is -3.57. The summed E-state index contributed by atoms with van der Waals surface area (Å²) in [4.78, 5) is 5.67. The summed E-state index contributed by atoms with van der Waals surface area (Å²) in [5, 5.41) is 18.1. The summed E-state index contributed by atoms with van der Waals surface area (Å²) in [7, 11) is 0. The molecule has 0 aliphatic carbocycles. The van der Waals surface area contributed by atoms with E-state index in [-0.39, 0.29) is 0 Å². The van der Waals surface area contributed by atoms with Crippen LogP contribution in [0.3, 0.4) is 0 Å². The number of aliphatic imine (C=N–C) groups is 1. The zero-order valence-corrected chi connectivity index (χ0v) is 14.7. The molecule has 0 spiro atoms. The van der Waals surface area contributed by atoms with Crippen LogP contribution in [0, 0.1) is 22.8 Å². The van der Waals surface area contributed by atoms with Crippen molar-refractivity contribution in [1.82, 2.24) is 4.90 Å². The first-order valence-corrected chi connectivity index (χ1v) is 8.21. The van der Waals surface area contributed by atoms with E-state index in [9.17, 15) is 5.26 Å². The fourth-order valence-electron chi connectivity index (χ4n) is 2.91. The number of nitriles is 2. The predicted octanol–water partition coefficient (Wildman–Crippen LogP) is 4.08. The molecule has 5 nitrogen and oxygen atoms in total. The van der Waals surface area contributed by atoms with E-state index < -0.39 is 5.60 Å². The lowest BCUT2D eigenvalue weighted by Crippen LogP contribution is -2.33. The Kier molecular flexibility index (Phi) is 4.73. The Morgan fingerprint density at radius 3 is 2.62 bits per heavy atom. The molecule has 0 saturated heterocycles. The molecule has 3 rings (SSSR count). The van der Waals surface area contributed by atoms with Crippen molar-refractivity contribution in [1.29, 1.82) is 10.5 Å².